The van der Waals surface area contributed by atoms with E-state index in [1.54, 1.807) is 32.2 Å². The highest BCUT2D eigenvalue weighted by molar-refractivity contribution is 7.92. The number of pyridine rings is 1. The number of alkyl halides is 3. The smallest absolute Gasteiger partial charge is 0.376 e. The van der Waals surface area contributed by atoms with E-state index in [0.29, 0.717) is 11.4 Å². The Morgan fingerprint density at radius 2 is 1.86 bits per heavy atom. The summed E-state index contributed by atoms with van der Waals surface area (Å²) in [5.41, 5.74) is -6.06. The average molecular weight is 541 g/mol. The molecule has 0 spiro atoms. The molecule has 3 amide bonds. The van der Waals surface area contributed by atoms with Crippen LogP contribution in [0.1, 0.15) is 39.2 Å². The minimum Gasteiger partial charge on any atom is -0.376 e. The molecule has 0 aliphatic carbocycles. The average Bonchev–Trinajstić information content (AvgIpc) is 3.42. The van der Waals surface area contributed by atoms with Crippen LogP contribution < -0.4 is 10.2 Å². The molecule has 1 aromatic heterocycles. The number of amides is 3. The molecular weight excluding hydrogens is 513 g/mol. The van der Waals surface area contributed by atoms with Crippen LogP contribution in [-0.4, -0.2) is 60.0 Å². The number of ether oxygens (including phenoxy) is 1. The van der Waals surface area contributed by atoms with Crippen molar-refractivity contribution in [2.45, 2.75) is 68.2 Å². The quantitative estimate of drug-likeness (QED) is 0.527. The van der Waals surface area contributed by atoms with Gasteiger partial charge in [0.2, 0.25) is 0 Å². The zero-order valence-corrected chi connectivity index (χ0v) is 21.3. The van der Waals surface area contributed by atoms with Gasteiger partial charge in [-0.15, -0.1) is 0 Å². The van der Waals surface area contributed by atoms with E-state index >= 15 is 0 Å². The molecule has 2 aliphatic heterocycles. The molecule has 0 bridgehead atoms. The summed E-state index contributed by atoms with van der Waals surface area (Å²) in [7, 11) is -5.56. The van der Waals surface area contributed by atoms with Crippen molar-refractivity contribution in [1.29, 1.82) is 0 Å². The molecule has 0 unspecified atom stereocenters. The number of hydrogen-bond donors (Lipinski definition) is 1. The number of benzene rings is 1. The van der Waals surface area contributed by atoms with Gasteiger partial charge in [-0.25, -0.2) is 23.1 Å². The minimum atomic E-state index is -5.56. The fourth-order valence-corrected chi connectivity index (χ4v) is 5.16. The first-order valence-corrected chi connectivity index (χ1v) is 13.1. The molecule has 2 aliphatic rings. The number of carbonyl (C=O) groups is 2. The van der Waals surface area contributed by atoms with Crippen LogP contribution in [0.25, 0.3) is 0 Å². The maximum atomic E-state index is 13.3. The second-order valence-electron chi connectivity index (χ2n) is 9.55. The van der Waals surface area contributed by atoms with E-state index < -0.39 is 37.7 Å². The molecule has 2 fully saturated rings. The molecule has 3 heterocycles. The summed E-state index contributed by atoms with van der Waals surface area (Å²) in [4.78, 5) is 32.0. The highest BCUT2D eigenvalue weighted by Crippen LogP contribution is 2.35. The van der Waals surface area contributed by atoms with Gasteiger partial charge in [0.05, 0.1) is 22.7 Å². The second-order valence-corrected chi connectivity index (χ2v) is 11.5. The predicted octanol–water partition coefficient (Wildman–Crippen LogP) is 4.10. The molecule has 1 aromatic carbocycles. The predicted molar refractivity (Wildman–Crippen MR) is 128 cm³/mol. The van der Waals surface area contributed by atoms with Gasteiger partial charge >= 0.3 is 11.5 Å². The van der Waals surface area contributed by atoms with Crippen molar-refractivity contribution >= 4 is 33.3 Å². The Morgan fingerprint density at radius 3 is 2.46 bits per heavy atom. The Morgan fingerprint density at radius 1 is 1.19 bits per heavy atom. The van der Waals surface area contributed by atoms with Crippen molar-refractivity contribution in [3.8, 4) is 0 Å². The number of hydrogen-bond acceptors (Lipinski definition) is 7. The molecule has 1 N–H and O–H groups in total. The summed E-state index contributed by atoms with van der Waals surface area (Å²) in [6.07, 6.45) is 3.62. The van der Waals surface area contributed by atoms with Crippen LogP contribution in [0.5, 0.6) is 0 Å². The van der Waals surface area contributed by atoms with E-state index in [4.69, 9.17) is 4.74 Å². The molecule has 37 heavy (non-hydrogen) atoms. The SMILES string of the molecule is C[C@@H](Nc1cc(CN2C(=O)N(c3ccc(S(=O)(=O)C(F)(F)F)cc3)C(=O)C2(C)C)ccn1)[C@@H]1CCCO1. The second kappa shape index (κ2) is 9.60. The Bertz CT molecular complexity index is 1290. The molecular formula is C24H27F3N4O5S. The summed E-state index contributed by atoms with van der Waals surface area (Å²) in [6, 6.07) is 6.31. The third kappa shape index (κ3) is 5.01. The number of nitrogens with one attached hydrogen (secondary N) is 1. The van der Waals surface area contributed by atoms with Gasteiger partial charge in [0.1, 0.15) is 11.4 Å². The highest BCUT2D eigenvalue weighted by atomic mass is 32.2. The lowest BCUT2D eigenvalue weighted by Gasteiger charge is -2.28. The molecule has 13 heteroatoms. The zero-order valence-electron chi connectivity index (χ0n) is 20.4. The molecule has 2 saturated heterocycles. The molecule has 4 rings (SSSR count). The number of aromatic nitrogens is 1. The molecule has 9 nitrogen and oxygen atoms in total. The Labute approximate surface area is 212 Å². The Kier molecular flexibility index (Phi) is 6.97. The number of imide groups is 1. The summed E-state index contributed by atoms with van der Waals surface area (Å²) in [6.45, 7) is 5.92. The Balaban J connectivity index is 1.53. The van der Waals surface area contributed by atoms with E-state index in [2.05, 4.69) is 10.3 Å². The maximum Gasteiger partial charge on any atom is 0.501 e. The van der Waals surface area contributed by atoms with E-state index in [1.807, 2.05) is 6.92 Å². The fraction of sp³-hybridized carbons (Fsp3) is 0.458. The topological polar surface area (TPSA) is 109 Å². The lowest BCUT2D eigenvalue weighted by Crippen LogP contribution is -2.43. The van der Waals surface area contributed by atoms with Crippen LogP contribution in [0.15, 0.2) is 47.5 Å². The summed E-state index contributed by atoms with van der Waals surface area (Å²) < 4.78 is 67.5. The lowest BCUT2D eigenvalue weighted by atomic mass is 10.0. The van der Waals surface area contributed by atoms with Crippen LogP contribution in [0, 0.1) is 0 Å². The van der Waals surface area contributed by atoms with Crippen LogP contribution in [0.2, 0.25) is 0 Å². The van der Waals surface area contributed by atoms with Gasteiger partial charge in [-0.3, -0.25) is 4.79 Å². The lowest BCUT2D eigenvalue weighted by molar-refractivity contribution is -0.123. The van der Waals surface area contributed by atoms with E-state index in [0.717, 1.165) is 48.6 Å². The van der Waals surface area contributed by atoms with Crippen molar-refractivity contribution in [2.75, 3.05) is 16.8 Å². The van der Waals surface area contributed by atoms with Gasteiger partial charge in [-0.2, -0.15) is 13.2 Å². The van der Waals surface area contributed by atoms with Gasteiger partial charge in [-0.05, 0) is 75.6 Å². The number of anilines is 2. The Hall–Kier alpha value is -3.19. The van der Waals surface area contributed by atoms with Gasteiger partial charge in [0.25, 0.3) is 15.7 Å². The minimum absolute atomic E-state index is 0.0244. The first-order valence-electron chi connectivity index (χ1n) is 11.6. The van der Waals surface area contributed by atoms with Crippen molar-refractivity contribution in [3.63, 3.8) is 0 Å². The van der Waals surface area contributed by atoms with Crippen molar-refractivity contribution in [1.82, 2.24) is 9.88 Å². The van der Waals surface area contributed by atoms with Gasteiger partial charge in [0.15, 0.2) is 0 Å². The monoisotopic (exact) mass is 540 g/mol. The number of urea groups is 1. The van der Waals surface area contributed by atoms with Crippen LogP contribution in [0.4, 0.5) is 29.5 Å². The molecule has 2 aromatic rings. The van der Waals surface area contributed by atoms with Crippen LogP contribution >= 0.6 is 0 Å². The normalized spacial score (nSPS) is 21.0. The first kappa shape index (κ1) is 26.9. The molecule has 200 valence electrons. The summed E-state index contributed by atoms with van der Waals surface area (Å²) in [5, 5.41) is 3.31. The van der Waals surface area contributed by atoms with Crippen molar-refractivity contribution in [3.05, 3.63) is 48.2 Å². The molecule has 0 saturated carbocycles. The number of rotatable bonds is 7. The van der Waals surface area contributed by atoms with E-state index in [1.165, 1.54) is 4.90 Å². The van der Waals surface area contributed by atoms with E-state index in [-0.39, 0.29) is 24.4 Å². The number of carbonyl (C=O) groups excluding carboxylic acids is 2. The van der Waals surface area contributed by atoms with E-state index in [9.17, 15) is 31.2 Å². The largest absolute Gasteiger partial charge is 0.501 e. The first-order chi connectivity index (χ1) is 17.2. The number of sulfone groups is 1. The third-order valence-corrected chi connectivity index (χ3v) is 8.10. The van der Waals surface area contributed by atoms with Gasteiger partial charge < -0.3 is 15.0 Å². The van der Waals surface area contributed by atoms with Crippen LogP contribution in [0.3, 0.4) is 0 Å². The van der Waals surface area contributed by atoms with Crippen molar-refractivity contribution in [2.24, 2.45) is 0 Å². The zero-order chi connectivity index (χ0) is 27.2. The number of nitrogens with zero attached hydrogens (tertiary/aromatic N) is 3. The summed E-state index contributed by atoms with van der Waals surface area (Å²) in [5.74, 6) is -0.00191. The molecule has 0 radical (unpaired) electrons. The molecule has 2 atom stereocenters. The van der Waals surface area contributed by atoms with Crippen molar-refractivity contribution < 1.29 is 35.9 Å². The number of halogens is 3. The van der Waals surface area contributed by atoms with Gasteiger partial charge in [-0.1, -0.05) is 0 Å². The summed E-state index contributed by atoms with van der Waals surface area (Å²) >= 11 is 0. The maximum absolute atomic E-state index is 13.3. The standard InChI is InChI=1S/C24H27F3N4O5S/c1-15(19-5-4-12-36-19)29-20-13-16(10-11-28-20)14-30-22(33)31(21(32)23(30,2)3)17-6-8-18(9-7-17)37(34,35)24(25,26)27/h6-11,13,15,19H,4-5,12,14H2,1-3H3,(H,28,29)/t15-,19+/m1/s1. The third-order valence-electron chi connectivity index (χ3n) is 6.60. The fourth-order valence-electron chi connectivity index (χ4n) is 4.39. The highest BCUT2D eigenvalue weighted by Gasteiger charge is 2.52. The van der Waals surface area contributed by atoms with Gasteiger partial charge in [0, 0.05) is 19.3 Å². The van der Waals surface area contributed by atoms with Crippen LogP contribution in [-0.2, 0) is 25.9 Å².